The van der Waals surface area contributed by atoms with Gasteiger partial charge in [-0.25, -0.2) is 0 Å². The summed E-state index contributed by atoms with van der Waals surface area (Å²) in [5.74, 6) is 1.07. The molecular formula is C18H20Cl2. The van der Waals surface area contributed by atoms with Crippen LogP contribution >= 0.6 is 23.2 Å². The van der Waals surface area contributed by atoms with Crippen LogP contribution in [0, 0.1) is 19.8 Å². The molecule has 0 spiro atoms. The number of aryl methyl sites for hydroxylation is 2. The van der Waals surface area contributed by atoms with Gasteiger partial charge in [-0.05, 0) is 55.4 Å². The Morgan fingerprint density at radius 1 is 0.950 bits per heavy atom. The number of hydrogen-bond donors (Lipinski definition) is 0. The van der Waals surface area contributed by atoms with Crippen molar-refractivity contribution in [2.45, 2.75) is 26.7 Å². The van der Waals surface area contributed by atoms with Crippen LogP contribution in [0.2, 0.25) is 5.02 Å². The van der Waals surface area contributed by atoms with Crippen LogP contribution in [-0.4, -0.2) is 5.88 Å². The van der Waals surface area contributed by atoms with E-state index in [9.17, 15) is 0 Å². The third-order valence-electron chi connectivity index (χ3n) is 3.70. The van der Waals surface area contributed by atoms with Gasteiger partial charge in [-0.3, -0.25) is 0 Å². The van der Waals surface area contributed by atoms with Crippen molar-refractivity contribution in [1.82, 2.24) is 0 Å². The lowest BCUT2D eigenvalue weighted by Crippen LogP contribution is -2.11. The normalized spacial score (nSPS) is 12.4. The molecule has 20 heavy (non-hydrogen) atoms. The van der Waals surface area contributed by atoms with E-state index in [-0.39, 0.29) is 0 Å². The summed E-state index contributed by atoms with van der Waals surface area (Å²) in [5, 5.41) is 0.837. The standard InChI is InChI=1S/C18H20Cl2/c1-13-7-8-14(2)17(9-13)11-15(12-19)10-16-5-3-4-6-18(16)20/h3-9,15H,10-12H2,1-2H3. The average molecular weight is 307 g/mol. The van der Waals surface area contributed by atoms with E-state index < -0.39 is 0 Å². The van der Waals surface area contributed by atoms with Gasteiger partial charge in [0.15, 0.2) is 0 Å². The molecule has 2 aromatic carbocycles. The van der Waals surface area contributed by atoms with Gasteiger partial charge in [0.25, 0.3) is 0 Å². The predicted molar refractivity (Wildman–Crippen MR) is 89.0 cm³/mol. The van der Waals surface area contributed by atoms with Gasteiger partial charge in [0, 0.05) is 10.9 Å². The van der Waals surface area contributed by atoms with E-state index in [0.29, 0.717) is 11.8 Å². The SMILES string of the molecule is Cc1ccc(C)c(CC(CCl)Cc2ccccc2Cl)c1. The molecule has 0 aliphatic heterocycles. The van der Waals surface area contributed by atoms with Gasteiger partial charge in [0.1, 0.15) is 0 Å². The van der Waals surface area contributed by atoms with Gasteiger partial charge in [0.2, 0.25) is 0 Å². The summed E-state index contributed by atoms with van der Waals surface area (Å²) in [7, 11) is 0. The monoisotopic (exact) mass is 306 g/mol. The highest BCUT2D eigenvalue weighted by Gasteiger charge is 2.13. The summed E-state index contributed by atoms with van der Waals surface area (Å²) >= 11 is 12.4. The molecule has 2 rings (SSSR count). The molecule has 0 nitrogen and oxygen atoms in total. The lowest BCUT2D eigenvalue weighted by atomic mass is 9.91. The fraction of sp³-hybridized carbons (Fsp3) is 0.333. The van der Waals surface area contributed by atoms with Crippen molar-refractivity contribution in [2.75, 3.05) is 5.88 Å². The third kappa shape index (κ3) is 4.01. The molecule has 0 aliphatic carbocycles. The summed E-state index contributed by atoms with van der Waals surface area (Å²) in [6, 6.07) is 14.6. The number of benzene rings is 2. The molecule has 0 aliphatic rings. The van der Waals surface area contributed by atoms with E-state index in [2.05, 4.69) is 38.1 Å². The van der Waals surface area contributed by atoms with Crippen molar-refractivity contribution in [3.8, 4) is 0 Å². The zero-order valence-electron chi connectivity index (χ0n) is 12.0. The fourth-order valence-corrected chi connectivity index (χ4v) is 2.92. The van der Waals surface area contributed by atoms with E-state index in [4.69, 9.17) is 23.2 Å². The van der Waals surface area contributed by atoms with Crippen molar-refractivity contribution in [3.63, 3.8) is 0 Å². The minimum atomic E-state index is 0.414. The quantitative estimate of drug-likeness (QED) is 0.631. The van der Waals surface area contributed by atoms with Crippen LogP contribution in [0.25, 0.3) is 0 Å². The molecule has 2 aromatic rings. The largest absolute Gasteiger partial charge is 0.126 e. The Labute approximate surface area is 131 Å². The average Bonchev–Trinajstić information content (AvgIpc) is 2.44. The van der Waals surface area contributed by atoms with E-state index in [1.54, 1.807) is 0 Å². The molecule has 0 amide bonds. The lowest BCUT2D eigenvalue weighted by Gasteiger charge is -2.17. The third-order valence-corrected chi connectivity index (χ3v) is 4.50. The van der Waals surface area contributed by atoms with E-state index in [0.717, 1.165) is 17.9 Å². The molecule has 0 aromatic heterocycles. The molecule has 0 saturated heterocycles. The molecule has 2 heteroatoms. The summed E-state index contributed by atoms with van der Waals surface area (Å²) in [6.45, 7) is 4.29. The molecule has 0 heterocycles. The summed E-state index contributed by atoms with van der Waals surface area (Å²) in [5.41, 5.74) is 5.22. The smallest absolute Gasteiger partial charge is 0.0438 e. The molecule has 0 saturated carbocycles. The van der Waals surface area contributed by atoms with Gasteiger partial charge < -0.3 is 0 Å². The maximum atomic E-state index is 6.24. The minimum absolute atomic E-state index is 0.414. The van der Waals surface area contributed by atoms with Crippen molar-refractivity contribution in [2.24, 2.45) is 5.92 Å². The van der Waals surface area contributed by atoms with Gasteiger partial charge in [-0.15, -0.1) is 11.6 Å². The molecule has 106 valence electrons. The topological polar surface area (TPSA) is 0 Å². The van der Waals surface area contributed by atoms with Gasteiger partial charge >= 0.3 is 0 Å². The molecule has 0 radical (unpaired) electrons. The van der Waals surface area contributed by atoms with Crippen molar-refractivity contribution in [1.29, 1.82) is 0 Å². The first-order chi connectivity index (χ1) is 9.60. The van der Waals surface area contributed by atoms with Crippen molar-refractivity contribution >= 4 is 23.2 Å². The van der Waals surface area contributed by atoms with Crippen LogP contribution in [0.5, 0.6) is 0 Å². The zero-order chi connectivity index (χ0) is 14.5. The second-order valence-corrected chi connectivity index (χ2v) is 6.17. The number of rotatable bonds is 5. The van der Waals surface area contributed by atoms with Gasteiger partial charge in [-0.2, -0.15) is 0 Å². The highest BCUT2D eigenvalue weighted by molar-refractivity contribution is 6.31. The Bertz CT molecular complexity index is 575. The Kier molecular flexibility index (Phi) is 5.51. The highest BCUT2D eigenvalue weighted by atomic mass is 35.5. The fourth-order valence-electron chi connectivity index (χ4n) is 2.49. The van der Waals surface area contributed by atoms with Crippen molar-refractivity contribution in [3.05, 3.63) is 69.7 Å². The minimum Gasteiger partial charge on any atom is -0.126 e. The lowest BCUT2D eigenvalue weighted by molar-refractivity contribution is 0.582. The molecule has 1 atom stereocenters. The van der Waals surface area contributed by atoms with E-state index in [1.165, 1.54) is 22.3 Å². The number of hydrogen-bond acceptors (Lipinski definition) is 0. The summed E-state index contributed by atoms with van der Waals surface area (Å²) in [6.07, 6.45) is 1.93. The summed E-state index contributed by atoms with van der Waals surface area (Å²) < 4.78 is 0. The first-order valence-electron chi connectivity index (χ1n) is 6.95. The maximum Gasteiger partial charge on any atom is 0.0438 e. The predicted octanol–water partition coefficient (Wildman–Crippen LogP) is 5.60. The first kappa shape index (κ1) is 15.4. The summed E-state index contributed by atoms with van der Waals surface area (Å²) in [4.78, 5) is 0. The molecule has 1 unspecified atom stereocenters. The molecular weight excluding hydrogens is 287 g/mol. The van der Waals surface area contributed by atoms with Crippen LogP contribution in [-0.2, 0) is 12.8 Å². The second kappa shape index (κ2) is 7.15. The Balaban J connectivity index is 2.13. The Hall–Kier alpha value is -0.980. The van der Waals surface area contributed by atoms with Crippen LogP contribution < -0.4 is 0 Å². The van der Waals surface area contributed by atoms with Crippen LogP contribution in [0.3, 0.4) is 0 Å². The molecule has 0 N–H and O–H groups in total. The highest BCUT2D eigenvalue weighted by Crippen LogP contribution is 2.23. The van der Waals surface area contributed by atoms with Gasteiger partial charge in [-0.1, -0.05) is 53.6 Å². The molecule has 0 bridgehead atoms. The van der Waals surface area contributed by atoms with Crippen molar-refractivity contribution < 1.29 is 0 Å². The molecule has 0 fully saturated rings. The maximum absolute atomic E-state index is 6.24. The van der Waals surface area contributed by atoms with Crippen LogP contribution in [0.1, 0.15) is 22.3 Å². The van der Waals surface area contributed by atoms with Crippen LogP contribution in [0.15, 0.2) is 42.5 Å². The number of halogens is 2. The number of alkyl halides is 1. The second-order valence-electron chi connectivity index (χ2n) is 5.45. The Morgan fingerprint density at radius 3 is 2.35 bits per heavy atom. The van der Waals surface area contributed by atoms with E-state index >= 15 is 0 Å². The van der Waals surface area contributed by atoms with E-state index in [1.807, 2.05) is 18.2 Å². The van der Waals surface area contributed by atoms with Gasteiger partial charge in [0.05, 0.1) is 0 Å². The first-order valence-corrected chi connectivity index (χ1v) is 7.87. The van der Waals surface area contributed by atoms with Crippen LogP contribution in [0.4, 0.5) is 0 Å². The zero-order valence-corrected chi connectivity index (χ0v) is 13.5. The Morgan fingerprint density at radius 2 is 1.65 bits per heavy atom.